The fourth-order valence-corrected chi connectivity index (χ4v) is 4.03. The molecule has 3 aromatic heterocycles. The topological polar surface area (TPSA) is 135 Å². The van der Waals surface area contributed by atoms with Crippen molar-refractivity contribution in [2.24, 2.45) is 0 Å². The number of aryl methyl sites for hydroxylation is 3. The number of nitrogens with zero attached hydrogens (tertiary/aromatic N) is 6. The molecule has 10 nitrogen and oxygen atoms in total. The van der Waals surface area contributed by atoms with Crippen LogP contribution in [-0.2, 0) is 10.5 Å². The lowest BCUT2D eigenvalue weighted by Crippen LogP contribution is -2.07. The molecule has 0 aliphatic rings. The number of aromatic nitrogens is 6. The summed E-state index contributed by atoms with van der Waals surface area (Å²) >= 11 is 1.37. The quantitative estimate of drug-likeness (QED) is 0.352. The van der Waals surface area contributed by atoms with Gasteiger partial charge in [-0.2, -0.15) is 9.67 Å². The molecule has 0 fully saturated rings. The molecule has 2 N–H and O–H groups in total. The van der Waals surface area contributed by atoms with E-state index in [2.05, 4.69) is 31.6 Å². The Bertz CT molecular complexity index is 1280. The van der Waals surface area contributed by atoms with E-state index >= 15 is 0 Å². The number of hydrogen-bond donors (Lipinski definition) is 1. The molecule has 11 heteroatoms. The van der Waals surface area contributed by atoms with Gasteiger partial charge >= 0.3 is 5.97 Å². The number of benzene rings is 1. The summed E-state index contributed by atoms with van der Waals surface area (Å²) in [6.07, 6.45) is 0. The number of carbonyl (C=O) groups is 1. The monoisotopic (exact) mass is 439 g/mol. The number of fused-ring (bicyclic) bond motifs is 1. The van der Waals surface area contributed by atoms with Crippen molar-refractivity contribution in [3.8, 4) is 5.69 Å². The van der Waals surface area contributed by atoms with Crippen molar-refractivity contribution in [1.82, 2.24) is 30.2 Å². The summed E-state index contributed by atoms with van der Waals surface area (Å²) < 4.78 is 12.4. The van der Waals surface area contributed by atoms with Gasteiger partial charge in [0.25, 0.3) is 0 Å². The zero-order chi connectivity index (χ0) is 22.1. The van der Waals surface area contributed by atoms with Crippen LogP contribution in [0, 0.1) is 20.8 Å². The summed E-state index contributed by atoms with van der Waals surface area (Å²) in [5, 5.41) is 13.0. The van der Waals surface area contributed by atoms with E-state index in [0.29, 0.717) is 27.9 Å². The Labute approximate surface area is 182 Å². The van der Waals surface area contributed by atoms with Gasteiger partial charge in [-0.15, -0.1) is 5.10 Å². The van der Waals surface area contributed by atoms with Crippen molar-refractivity contribution < 1.29 is 13.9 Å². The summed E-state index contributed by atoms with van der Waals surface area (Å²) in [6.45, 7) is 7.69. The maximum absolute atomic E-state index is 12.3. The van der Waals surface area contributed by atoms with Gasteiger partial charge in [0.05, 0.1) is 23.4 Å². The fraction of sp³-hybridized carbons (Fsp3) is 0.300. The van der Waals surface area contributed by atoms with Crippen LogP contribution in [0.2, 0.25) is 0 Å². The number of thioether (sulfide) groups is 1. The third-order valence-corrected chi connectivity index (χ3v) is 5.55. The largest absolute Gasteiger partial charge is 0.462 e. The first kappa shape index (κ1) is 20.8. The fourth-order valence-electron chi connectivity index (χ4n) is 3.29. The normalized spacial score (nSPS) is 11.2. The van der Waals surface area contributed by atoms with Crippen LogP contribution < -0.4 is 5.73 Å². The predicted molar refractivity (Wildman–Crippen MR) is 115 cm³/mol. The van der Waals surface area contributed by atoms with E-state index in [1.807, 2.05) is 26.0 Å². The summed E-state index contributed by atoms with van der Waals surface area (Å²) in [4.78, 5) is 21.0. The standard InChI is InChI=1S/C20H21N7O3S/c1-5-29-19(28)15-12(4)30-18-16(15)17(21)22-14(23-18)9-31-20-24-25-26-27(20)13-7-6-10(2)8-11(13)3/h6-8H,5,9H2,1-4H3,(H2,21,22,23). The van der Waals surface area contributed by atoms with Gasteiger partial charge in [-0.1, -0.05) is 29.5 Å². The molecule has 4 aromatic rings. The van der Waals surface area contributed by atoms with Gasteiger partial charge in [0, 0.05) is 0 Å². The Balaban J connectivity index is 1.61. The number of ether oxygens (including phenoxy) is 1. The lowest BCUT2D eigenvalue weighted by Gasteiger charge is -2.08. The molecule has 0 unspecified atom stereocenters. The van der Waals surface area contributed by atoms with Crippen LogP contribution in [0.4, 0.5) is 5.82 Å². The molecule has 0 aliphatic carbocycles. The summed E-state index contributed by atoms with van der Waals surface area (Å²) in [7, 11) is 0. The van der Waals surface area contributed by atoms with E-state index in [1.54, 1.807) is 18.5 Å². The van der Waals surface area contributed by atoms with Crippen LogP contribution in [0.1, 0.15) is 40.0 Å². The molecule has 4 rings (SSSR count). The van der Waals surface area contributed by atoms with Crippen LogP contribution in [0.15, 0.2) is 27.8 Å². The van der Waals surface area contributed by atoms with Crippen LogP contribution in [0.3, 0.4) is 0 Å². The average molecular weight is 440 g/mol. The molecule has 0 spiro atoms. The minimum absolute atomic E-state index is 0.162. The highest BCUT2D eigenvalue weighted by atomic mass is 32.2. The second-order valence-corrected chi connectivity index (χ2v) is 7.85. The molecule has 0 bridgehead atoms. The number of anilines is 1. The lowest BCUT2D eigenvalue weighted by molar-refractivity contribution is 0.0526. The summed E-state index contributed by atoms with van der Waals surface area (Å²) in [5.41, 5.74) is 9.76. The third kappa shape index (κ3) is 3.96. The first-order valence-electron chi connectivity index (χ1n) is 9.60. The zero-order valence-corrected chi connectivity index (χ0v) is 18.4. The molecule has 0 amide bonds. The highest BCUT2D eigenvalue weighted by molar-refractivity contribution is 7.98. The summed E-state index contributed by atoms with van der Waals surface area (Å²) in [5.74, 6) is 0.838. The maximum atomic E-state index is 12.3. The van der Waals surface area contributed by atoms with Gasteiger partial charge in [-0.05, 0) is 49.8 Å². The molecular weight excluding hydrogens is 418 g/mol. The molecule has 0 saturated carbocycles. The van der Waals surface area contributed by atoms with Crippen molar-refractivity contribution in [3.63, 3.8) is 0 Å². The molecule has 31 heavy (non-hydrogen) atoms. The van der Waals surface area contributed by atoms with Crippen LogP contribution in [-0.4, -0.2) is 42.8 Å². The van der Waals surface area contributed by atoms with Crippen LogP contribution in [0.25, 0.3) is 16.8 Å². The number of esters is 1. The van der Waals surface area contributed by atoms with Gasteiger partial charge in [0.2, 0.25) is 10.9 Å². The predicted octanol–water partition coefficient (Wildman–Crippen LogP) is 3.17. The summed E-state index contributed by atoms with van der Waals surface area (Å²) in [6, 6.07) is 6.06. The van der Waals surface area contributed by atoms with E-state index in [0.717, 1.165) is 16.8 Å². The van der Waals surface area contributed by atoms with Gasteiger partial charge in [-0.25, -0.2) is 9.78 Å². The minimum Gasteiger partial charge on any atom is -0.462 e. The molecule has 0 saturated heterocycles. The molecule has 0 atom stereocenters. The molecule has 1 aromatic carbocycles. The zero-order valence-electron chi connectivity index (χ0n) is 17.5. The van der Waals surface area contributed by atoms with Crippen LogP contribution >= 0.6 is 11.8 Å². The number of nitrogen functional groups attached to an aromatic ring is 1. The third-order valence-electron chi connectivity index (χ3n) is 4.63. The average Bonchev–Trinajstić information content (AvgIpc) is 3.30. The number of nitrogens with two attached hydrogens (primary N) is 1. The lowest BCUT2D eigenvalue weighted by atomic mass is 10.1. The van der Waals surface area contributed by atoms with E-state index in [4.69, 9.17) is 14.9 Å². The highest BCUT2D eigenvalue weighted by Gasteiger charge is 2.24. The minimum atomic E-state index is -0.510. The maximum Gasteiger partial charge on any atom is 0.342 e. The van der Waals surface area contributed by atoms with E-state index in [1.165, 1.54) is 11.8 Å². The van der Waals surface area contributed by atoms with E-state index in [-0.39, 0.29) is 23.7 Å². The van der Waals surface area contributed by atoms with Gasteiger partial charge in [0.15, 0.2) is 0 Å². The van der Waals surface area contributed by atoms with Gasteiger partial charge in [-0.3, -0.25) is 0 Å². The molecule has 0 aliphatic heterocycles. The van der Waals surface area contributed by atoms with Crippen molar-refractivity contribution in [3.05, 3.63) is 46.5 Å². The molecule has 3 heterocycles. The Hall–Kier alpha value is -3.47. The first-order chi connectivity index (χ1) is 14.9. The van der Waals surface area contributed by atoms with Crippen molar-refractivity contribution >= 4 is 34.6 Å². The van der Waals surface area contributed by atoms with E-state index in [9.17, 15) is 4.79 Å². The van der Waals surface area contributed by atoms with Crippen molar-refractivity contribution in [1.29, 1.82) is 0 Å². The molecule has 0 radical (unpaired) electrons. The van der Waals surface area contributed by atoms with Gasteiger partial charge in [0.1, 0.15) is 23.0 Å². The van der Waals surface area contributed by atoms with Crippen LogP contribution in [0.5, 0.6) is 0 Å². The highest BCUT2D eigenvalue weighted by Crippen LogP contribution is 2.30. The van der Waals surface area contributed by atoms with Gasteiger partial charge < -0.3 is 14.9 Å². The SMILES string of the molecule is CCOC(=O)c1c(C)oc2nc(CSc3nnnn3-c3ccc(C)cc3C)nc(N)c12. The second kappa shape index (κ2) is 8.34. The number of carbonyl (C=O) groups excluding carboxylic acids is 1. The number of tetrazole rings is 1. The van der Waals surface area contributed by atoms with Crippen molar-refractivity contribution in [2.45, 2.75) is 38.6 Å². The Kier molecular flexibility index (Phi) is 5.59. The second-order valence-electron chi connectivity index (χ2n) is 6.91. The van der Waals surface area contributed by atoms with E-state index < -0.39 is 5.97 Å². The Morgan fingerprint density at radius 1 is 1.26 bits per heavy atom. The Morgan fingerprint density at radius 3 is 2.81 bits per heavy atom. The first-order valence-corrected chi connectivity index (χ1v) is 10.6. The number of furan rings is 1. The van der Waals surface area contributed by atoms with Crippen molar-refractivity contribution in [2.75, 3.05) is 12.3 Å². The molecular formula is C20H21N7O3S. The Morgan fingerprint density at radius 2 is 2.06 bits per heavy atom. The number of hydrogen-bond acceptors (Lipinski definition) is 10. The smallest absolute Gasteiger partial charge is 0.342 e. The number of rotatable bonds is 6. The molecule has 160 valence electrons.